The van der Waals surface area contributed by atoms with Gasteiger partial charge in [0, 0.05) is 34.6 Å². The van der Waals surface area contributed by atoms with Crippen molar-refractivity contribution >= 4 is 22.6 Å². The minimum atomic E-state index is -1.73. The fourth-order valence-electron chi connectivity index (χ4n) is 6.32. The van der Waals surface area contributed by atoms with Gasteiger partial charge in [0.1, 0.15) is 18.0 Å². The van der Waals surface area contributed by atoms with E-state index in [0.717, 1.165) is 22.1 Å². The Morgan fingerprint density at radius 1 is 1.22 bits per heavy atom. The summed E-state index contributed by atoms with van der Waals surface area (Å²) >= 11 is 0. The zero-order valence-corrected chi connectivity index (χ0v) is 20.1. The Morgan fingerprint density at radius 3 is 2.72 bits per heavy atom. The predicted molar refractivity (Wildman–Crippen MR) is 129 cm³/mol. The van der Waals surface area contributed by atoms with Gasteiger partial charge in [0.2, 0.25) is 5.91 Å². The molecule has 36 heavy (non-hydrogen) atoms. The van der Waals surface area contributed by atoms with Crippen molar-refractivity contribution in [2.75, 3.05) is 6.61 Å². The molecule has 3 aromatic rings. The van der Waals surface area contributed by atoms with E-state index >= 15 is 0 Å². The van der Waals surface area contributed by atoms with E-state index in [2.05, 4.69) is 5.32 Å². The number of carbonyl (C=O) groups excluding carboxylic acids is 2. The van der Waals surface area contributed by atoms with E-state index in [4.69, 9.17) is 4.98 Å². The Balaban J connectivity index is 1.66. The Bertz CT molecular complexity index is 1580. The number of Topliss-reactive ketones (excluding diaryl/α,β-unsaturated/α-hetero) is 1. The lowest BCUT2D eigenvalue weighted by molar-refractivity contribution is -0.140. The topological polar surface area (TPSA) is 122 Å². The smallest absolute Gasteiger partial charge is 0.254 e. The van der Waals surface area contributed by atoms with Gasteiger partial charge in [-0.25, -0.2) is 9.37 Å². The number of aliphatic hydroxyl groups excluding tert-OH is 1. The van der Waals surface area contributed by atoms with Crippen LogP contribution in [0.5, 0.6) is 0 Å². The number of hydrogen-bond acceptors (Lipinski definition) is 6. The lowest BCUT2D eigenvalue weighted by Gasteiger charge is -2.32. The molecule has 1 aromatic carbocycles. The summed E-state index contributed by atoms with van der Waals surface area (Å²) in [5.74, 6) is -1.20. The van der Waals surface area contributed by atoms with E-state index in [1.807, 2.05) is 0 Å². The molecule has 3 aliphatic rings. The first-order chi connectivity index (χ1) is 17.2. The number of hydrogen-bond donors (Lipinski definition) is 3. The summed E-state index contributed by atoms with van der Waals surface area (Å²) in [7, 11) is 0. The van der Waals surface area contributed by atoms with Gasteiger partial charge in [-0.15, -0.1) is 0 Å². The van der Waals surface area contributed by atoms with E-state index in [1.165, 1.54) is 6.07 Å². The standard InChI is InChI=1S/C27H26FN3O5/c1-3-27(36)16-8-20-25-15(10-31(20)26(35)14(16)5-7-21(27)33)24-18(29-22(34)11-32)6-4-13-12(2)17(28)9-19(30-25)23(13)24/h8-9,18,32,36H,3-7,10-11H2,1-2H3,(H,29,34)/t18-,27-/m0/s1. The summed E-state index contributed by atoms with van der Waals surface area (Å²) in [6, 6.07) is 2.62. The number of ketones is 1. The molecule has 3 heterocycles. The van der Waals surface area contributed by atoms with Gasteiger partial charge in [-0.2, -0.15) is 0 Å². The van der Waals surface area contributed by atoms with E-state index in [1.54, 1.807) is 24.5 Å². The van der Waals surface area contributed by atoms with Crippen LogP contribution in [0.25, 0.3) is 22.3 Å². The first kappa shape index (κ1) is 23.0. The number of rotatable bonds is 3. The molecule has 6 rings (SSSR count). The molecule has 0 bridgehead atoms. The molecule has 2 atom stereocenters. The average Bonchev–Trinajstić information content (AvgIpc) is 3.24. The first-order valence-electron chi connectivity index (χ1n) is 12.3. The van der Waals surface area contributed by atoms with Crippen molar-refractivity contribution < 1.29 is 24.2 Å². The average molecular weight is 492 g/mol. The molecule has 0 unspecified atom stereocenters. The third-order valence-corrected chi connectivity index (χ3v) is 8.23. The highest BCUT2D eigenvalue weighted by atomic mass is 19.1. The number of halogens is 1. The molecule has 0 fully saturated rings. The zero-order chi connectivity index (χ0) is 25.5. The van der Waals surface area contributed by atoms with Gasteiger partial charge in [-0.1, -0.05) is 6.92 Å². The van der Waals surface area contributed by atoms with Gasteiger partial charge < -0.3 is 20.1 Å². The Kier molecular flexibility index (Phi) is 4.97. The van der Waals surface area contributed by atoms with Crippen molar-refractivity contribution in [3.8, 4) is 11.4 Å². The number of pyridine rings is 2. The number of nitrogens with zero attached hydrogens (tertiary/aromatic N) is 2. The predicted octanol–water partition coefficient (Wildman–Crippen LogP) is 2.08. The molecule has 0 saturated carbocycles. The van der Waals surface area contributed by atoms with Crippen LogP contribution in [0, 0.1) is 12.7 Å². The maximum absolute atomic E-state index is 14.9. The first-order valence-corrected chi connectivity index (χ1v) is 12.3. The fourth-order valence-corrected chi connectivity index (χ4v) is 6.32. The minimum absolute atomic E-state index is 0.101. The fraction of sp³-hybridized carbons (Fsp3) is 0.407. The molecule has 0 saturated heterocycles. The molecular weight excluding hydrogens is 465 g/mol. The minimum Gasteiger partial charge on any atom is -0.387 e. The van der Waals surface area contributed by atoms with Crippen LogP contribution in [-0.2, 0) is 34.6 Å². The van der Waals surface area contributed by atoms with Crippen LogP contribution in [0.15, 0.2) is 16.9 Å². The van der Waals surface area contributed by atoms with Gasteiger partial charge >= 0.3 is 0 Å². The lowest BCUT2D eigenvalue weighted by atomic mass is 9.77. The van der Waals surface area contributed by atoms with Crippen LogP contribution < -0.4 is 10.9 Å². The molecule has 3 N–H and O–H groups in total. The molecule has 2 aliphatic carbocycles. The monoisotopic (exact) mass is 491 g/mol. The lowest BCUT2D eigenvalue weighted by Crippen LogP contribution is -2.43. The molecule has 8 nitrogen and oxygen atoms in total. The van der Waals surface area contributed by atoms with Crippen molar-refractivity contribution in [2.24, 2.45) is 0 Å². The van der Waals surface area contributed by atoms with Crippen molar-refractivity contribution in [3.05, 3.63) is 61.7 Å². The highest BCUT2D eigenvalue weighted by Crippen LogP contribution is 2.46. The van der Waals surface area contributed by atoms with E-state index in [-0.39, 0.29) is 43.0 Å². The van der Waals surface area contributed by atoms with Crippen LogP contribution in [0.3, 0.4) is 0 Å². The normalized spacial score (nSPS) is 21.8. The molecular formula is C27H26FN3O5. The number of amides is 1. The van der Waals surface area contributed by atoms with Crippen molar-refractivity contribution in [3.63, 3.8) is 0 Å². The molecule has 0 spiro atoms. The van der Waals surface area contributed by atoms with E-state index < -0.39 is 24.2 Å². The van der Waals surface area contributed by atoms with Gasteiger partial charge in [-0.05, 0) is 55.4 Å². The molecule has 0 radical (unpaired) electrons. The molecule has 9 heteroatoms. The molecule has 2 aromatic heterocycles. The van der Waals surface area contributed by atoms with Crippen molar-refractivity contribution in [1.82, 2.24) is 14.9 Å². The Morgan fingerprint density at radius 2 is 2.00 bits per heavy atom. The Hall–Kier alpha value is -3.43. The third-order valence-electron chi connectivity index (χ3n) is 8.23. The van der Waals surface area contributed by atoms with E-state index in [0.29, 0.717) is 46.4 Å². The number of aryl methyl sites for hydroxylation is 1. The largest absolute Gasteiger partial charge is 0.387 e. The summed E-state index contributed by atoms with van der Waals surface area (Å²) in [5.41, 5.74) is 3.02. The second-order valence-corrected chi connectivity index (χ2v) is 9.98. The number of nitrogens with one attached hydrogen (secondary N) is 1. The highest BCUT2D eigenvalue weighted by molar-refractivity contribution is 5.94. The van der Waals surface area contributed by atoms with Crippen molar-refractivity contribution in [2.45, 2.75) is 64.1 Å². The van der Waals surface area contributed by atoms with Gasteiger partial charge in [0.05, 0.1) is 29.5 Å². The van der Waals surface area contributed by atoms with Crippen LogP contribution in [0.4, 0.5) is 4.39 Å². The summed E-state index contributed by atoms with van der Waals surface area (Å²) in [4.78, 5) is 43.2. The maximum atomic E-state index is 14.9. The zero-order valence-electron chi connectivity index (χ0n) is 20.1. The number of carbonyl (C=O) groups is 2. The number of aromatic nitrogens is 2. The van der Waals surface area contributed by atoms with Gasteiger partial charge in [0.15, 0.2) is 5.78 Å². The third kappa shape index (κ3) is 2.93. The second-order valence-electron chi connectivity index (χ2n) is 9.98. The second kappa shape index (κ2) is 7.78. The number of aliphatic hydroxyl groups is 2. The number of fused-ring (bicyclic) bond motifs is 5. The van der Waals surface area contributed by atoms with Gasteiger partial charge in [0.25, 0.3) is 5.56 Å². The Labute approximate surface area is 205 Å². The summed E-state index contributed by atoms with van der Waals surface area (Å²) in [5, 5.41) is 24.2. The van der Waals surface area contributed by atoms with Crippen LogP contribution in [0.2, 0.25) is 0 Å². The molecule has 1 amide bonds. The van der Waals surface area contributed by atoms with E-state index in [9.17, 15) is 29.0 Å². The molecule has 186 valence electrons. The quantitative estimate of drug-likeness (QED) is 0.404. The highest BCUT2D eigenvalue weighted by Gasteiger charge is 2.43. The summed E-state index contributed by atoms with van der Waals surface area (Å²) in [6.45, 7) is 3.00. The van der Waals surface area contributed by atoms with Gasteiger partial charge in [-0.3, -0.25) is 14.4 Å². The van der Waals surface area contributed by atoms with Crippen LogP contribution in [-0.4, -0.2) is 38.1 Å². The van der Waals surface area contributed by atoms with Crippen LogP contribution >= 0.6 is 0 Å². The SMILES string of the molecule is CC[C@@]1(O)C(=O)CCc2c1cc1n(c2=O)Cc2c-1nc1cc(F)c(C)c3c1c2[C@@H](NC(=O)CO)CC3. The number of benzene rings is 1. The summed E-state index contributed by atoms with van der Waals surface area (Å²) in [6.07, 6.45) is 1.56. The maximum Gasteiger partial charge on any atom is 0.254 e. The summed E-state index contributed by atoms with van der Waals surface area (Å²) < 4.78 is 16.5. The molecule has 1 aliphatic heterocycles. The van der Waals surface area contributed by atoms with Crippen molar-refractivity contribution in [1.29, 1.82) is 0 Å². The van der Waals surface area contributed by atoms with Crippen LogP contribution in [0.1, 0.15) is 65.6 Å².